The number of carbonyl (C=O) groups is 1. The summed E-state index contributed by atoms with van der Waals surface area (Å²) < 4.78 is 0.984. The Morgan fingerprint density at radius 3 is 2.43 bits per heavy atom. The van der Waals surface area contributed by atoms with Crippen molar-refractivity contribution in [1.29, 1.82) is 0 Å². The Kier molecular flexibility index (Phi) is 3.91. The number of nitrogens with one attached hydrogen (secondary N) is 2. The standard InChI is InChI=1S/C9H12BrN3O/c1-11-13(2)9(14)12-8-5-3-7(10)4-6-8/h3-6,11H,1-2H3,(H,12,14). The molecular formula is C9H12BrN3O. The second-order valence-electron chi connectivity index (χ2n) is 2.72. The molecule has 0 aliphatic carbocycles. The van der Waals surface area contributed by atoms with Crippen LogP contribution >= 0.6 is 15.9 Å². The molecule has 0 spiro atoms. The van der Waals surface area contributed by atoms with Gasteiger partial charge in [-0.2, -0.15) is 0 Å². The Bertz CT molecular complexity index is 312. The lowest BCUT2D eigenvalue weighted by molar-refractivity contribution is 0.207. The van der Waals surface area contributed by atoms with Gasteiger partial charge in [-0.05, 0) is 24.3 Å². The van der Waals surface area contributed by atoms with Crippen molar-refractivity contribution in [2.75, 3.05) is 19.4 Å². The second-order valence-corrected chi connectivity index (χ2v) is 3.64. The molecule has 4 nitrogen and oxygen atoms in total. The zero-order valence-electron chi connectivity index (χ0n) is 8.04. The molecule has 14 heavy (non-hydrogen) atoms. The van der Waals surface area contributed by atoms with Crippen LogP contribution in [0.1, 0.15) is 0 Å². The van der Waals surface area contributed by atoms with Gasteiger partial charge >= 0.3 is 6.03 Å². The minimum Gasteiger partial charge on any atom is -0.307 e. The highest BCUT2D eigenvalue weighted by Gasteiger charge is 2.05. The molecule has 0 fully saturated rings. The molecule has 0 saturated carbocycles. The molecule has 2 amide bonds. The van der Waals surface area contributed by atoms with E-state index in [-0.39, 0.29) is 6.03 Å². The van der Waals surface area contributed by atoms with Gasteiger partial charge in [-0.15, -0.1) is 0 Å². The van der Waals surface area contributed by atoms with Gasteiger partial charge in [0.15, 0.2) is 0 Å². The van der Waals surface area contributed by atoms with Gasteiger partial charge in [0.05, 0.1) is 0 Å². The lowest BCUT2D eigenvalue weighted by atomic mass is 10.3. The first-order valence-electron chi connectivity index (χ1n) is 4.11. The van der Waals surface area contributed by atoms with Crippen molar-refractivity contribution < 1.29 is 4.79 Å². The summed E-state index contributed by atoms with van der Waals surface area (Å²) in [4.78, 5) is 11.4. The minimum absolute atomic E-state index is 0.199. The van der Waals surface area contributed by atoms with E-state index in [1.807, 2.05) is 24.3 Å². The van der Waals surface area contributed by atoms with Crippen LogP contribution in [-0.4, -0.2) is 25.1 Å². The van der Waals surface area contributed by atoms with Gasteiger partial charge in [0.1, 0.15) is 0 Å². The van der Waals surface area contributed by atoms with Crippen LogP contribution in [0.5, 0.6) is 0 Å². The van der Waals surface area contributed by atoms with E-state index in [1.165, 1.54) is 5.01 Å². The molecule has 76 valence electrons. The van der Waals surface area contributed by atoms with Crippen LogP contribution in [0.25, 0.3) is 0 Å². The van der Waals surface area contributed by atoms with E-state index in [0.29, 0.717) is 0 Å². The van der Waals surface area contributed by atoms with E-state index in [9.17, 15) is 4.79 Å². The van der Waals surface area contributed by atoms with Crippen LogP contribution in [0.3, 0.4) is 0 Å². The number of halogens is 1. The fourth-order valence-electron chi connectivity index (χ4n) is 0.842. The third kappa shape index (κ3) is 3.01. The molecule has 0 atom stereocenters. The Labute approximate surface area is 91.4 Å². The lowest BCUT2D eigenvalue weighted by Crippen LogP contribution is -2.39. The summed E-state index contributed by atoms with van der Waals surface area (Å²) in [7, 11) is 3.33. The first kappa shape index (κ1) is 11.0. The highest BCUT2D eigenvalue weighted by atomic mass is 79.9. The molecule has 1 aromatic carbocycles. The largest absolute Gasteiger partial charge is 0.335 e. The first-order chi connectivity index (χ1) is 6.63. The molecule has 0 saturated heterocycles. The Balaban J connectivity index is 2.60. The van der Waals surface area contributed by atoms with Crippen molar-refractivity contribution in [3.8, 4) is 0 Å². The first-order valence-corrected chi connectivity index (χ1v) is 4.90. The molecule has 1 aromatic rings. The van der Waals surface area contributed by atoms with Crippen molar-refractivity contribution in [2.24, 2.45) is 0 Å². The fourth-order valence-corrected chi connectivity index (χ4v) is 1.11. The van der Waals surface area contributed by atoms with Crippen LogP contribution in [0, 0.1) is 0 Å². The van der Waals surface area contributed by atoms with Gasteiger partial charge in [0.25, 0.3) is 0 Å². The number of urea groups is 1. The van der Waals surface area contributed by atoms with Crippen LogP contribution < -0.4 is 10.7 Å². The molecule has 0 aliphatic heterocycles. The third-order valence-electron chi connectivity index (χ3n) is 1.74. The summed E-state index contributed by atoms with van der Waals surface area (Å²) in [5, 5.41) is 4.09. The van der Waals surface area contributed by atoms with Crippen molar-refractivity contribution in [1.82, 2.24) is 10.4 Å². The number of carbonyl (C=O) groups excluding carboxylic acids is 1. The zero-order chi connectivity index (χ0) is 10.6. The highest BCUT2D eigenvalue weighted by molar-refractivity contribution is 9.10. The molecule has 0 bridgehead atoms. The Hall–Kier alpha value is -1.07. The highest BCUT2D eigenvalue weighted by Crippen LogP contribution is 2.14. The summed E-state index contributed by atoms with van der Waals surface area (Å²) >= 11 is 3.32. The summed E-state index contributed by atoms with van der Waals surface area (Å²) in [5.41, 5.74) is 3.47. The van der Waals surface area contributed by atoms with E-state index in [4.69, 9.17) is 0 Å². The molecule has 0 aromatic heterocycles. The third-order valence-corrected chi connectivity index (χ3v) is 2.26. The number of hydrogen-bond acceptors (Lipinski definition) is 2. The second kappa shape index (κ2) is 4.97. The van der Waals surface area contributed by atoms with Crippen LogP contribution in [0.4, 0.5) is 10.5 Å². The zero-order valence-corrected chi connectivity index (χ0v) is 9.63. The van der Waals surface area contributed by atoms with E-state index in [1.54, 1.807) is 14.1 Å². The van der Waals surface area contributed by atoms with Gasteiger partial charge in [-0.3, -0.25) is 5.01 Å². The maximum atomic E-state index is 11.4. The number of hydrogen-bond donors (Lipinski definition) is 2. The maximum absolute atomic E-state index is 11.4. The van der Waals surface area contributed by atoms with Gasteiger partial charge in [0, 0.05) is 24.3 Å². The molecule has 0 aliphatic rings. The lowest BCUT2D eigenvalue weighted by Gasteiger charge is -2.15. The smallest absolute Gasteiger partial charge is 0.307 e. The number of benzene rings is 1. The monoisotopic (exact) mass is 257 g/mol. The quantitative estimate of drug-likeness (QED) is 0.797. The number of anilines is 1. The number of rotatable bonds is 2. The Morgan fingerprint density at radius 1 is 1.36 bits per heavy atom. The van der Waals surface area contributed by atoms with E-state index in [0.717, 1.165) is 10.2 Å². The molecule has 0 unspecified atom stereocenters. The van der Waals surface area contributed by atoms with Crippen molar-refractivity contribution in [3.63, 3.8) is 0 Å². The van der Waals surface area contributed by atoms with Crippen molar-refractivity contribution in [3.05, 3.63) is 28.7 Å². The molecule has 1 rings (SSSR count). The normalized spacial score (nSPS) is 9.64. The van der Waals surface area contributed by atoms with Crippen molar-refractivity contribution in [2.45, 2.75) is 0 Å². The van der Waals surface area contributed by atoms with Crippen LogP contribution in [-0.2, 0) is 0 Å². The molecule has 0 heterocycles. The number of hydrazine groups is 1. The predicted molar refractivity (Wildman–Crippen MR) is 60.0 cm³/mol. The SMILES string of the molecule is CNN(C)C(=O)Nc1ccc(Br)cc1. The average Bonchev–Trinajstić information content (AvgIpc) is 2.20. The predicted octanol–water partition coefficient (Wildman–Crippen LogP) is 2.05. The fraction of sp³-hybridized carbons (Fsp3) is 0.222. The summed E-state index contributed by atoms with van der Waals surface area (Å²) in [6, 6.07) is 7.19. The van der Waals surface area contributed by atoms with Crippen LogP contribution in [0.15, 0.2) is 28.7 Å². The molecule has 2 N–H and O–H groups in total. The number of nitrogens with zero attached hydrogens (tertiary/aromatic N) is 1. The molecule has 5 heteroatoms. The molecular weight excluding hydrogens is 246 g/mol. The van der Waals surface area contributed by atoms with E-state index >= 15 is 0 Å². The van der Waals surface area contributed by atoms with Crippen molar-refractivity contribution >= 4 is 27.6 Å². The Morgan fingerprint density at radius 2 is 1.93 bits per heavy atom. The van der Waals surface area contributed by atoms with E-state index in [2.05, 4.69) is 26.7 Å². The van der Waals surface area contributed by atoms with Gasteiger partial charge in [0.2, 0.25) is 0 Å². The van der Waals surface area contributed by atoms with Gasteiger partial charge in [-0.25, -0.2) is 10.2 Å². The van der Waals surface area contributed by atoms with Gasteiger partial charge in [-0.1, -0.05) is 15.9 Å². The summed E-state index contributed by atoms with van der Waals surface area (Å²) in [6.07, 6.45) is 0. The summed E-state index contributed by atoms with van der Waals surface area (Å²) in [6.45, 7) is 0. The average molecular weight is 258 g/mol. The van der Waals surface area contributed by atoms with Crippen LogP contribution in [0.2, 0.25) is 0 Å². The minimum atomic E-state index is -0.199. The summed E-state index contributed by atoms with van der Waals surface area (Å²) in [5.74, 6) is 0. The van der Waals surface area contributed by atoms with E-state index < -0.39 is 0 Å². The maximum Gasteiger partial charge on any atom is 0.335 e. The topological polar surface area (TPSA) is 44.4 Å². The van der Waals surface area contributed by atoms with Gasteiger partial charge < -0.3 is 5.32 Å². The molecule has 0 radical (unpaired) electrons. The number of amides is 2.